The molecular formula is C32H31F3N2O6S. The summed E-state index contributed by atoms with van der Waals surface area (Å²) in [6, 6.07) is 13.1. The Labute approximate surface area is 256 Å². The van der Waals surface area contributed by atoms with Crippen LogP contribution in [0.3, 0.4) is 0 Å². The largest absolute Gasteiger partial charge is 0.573 e. The maximum atomic E-state index is 14.3. The minimum absolute atomic E-state index is 0.0340. The zero-order valence-electron chi connectivity index (χ0n) is 24.5. The fourth-order valence-corrected chi connectivity index (χ4v) is 7.82. The van der Waals surface area contributed by atoms with Crippen molar-refractivity contribution in [2.75, 3.05) is 17.1 Å². The molecule has 3 aliphatic rings. The molecule has 0 spiro atoms. The third-order valence-electron chi connectivity index (χ3n) is 8.65. The molecule has 0 N–H and O–H groups in total. The molecule has 4 unspecified atom stereocenters. The summed E-state index contributed by atoms with van der Waals surface area (Å²) in [5, 5.41) is 1.68. The van der Waals surface area contributed by atoms with E-state index < -0.39 is 48.0 Å². The van der Waals surface area contributed by atoms with Crippen LogP contribution >= 0.6 is 11.3 Å². The van der Waals surface area contributed by atoms with Crippen molar-refractivity contribution in [3.05, 3.63) is 76.2 Å². The van der Waals surface area contributed by atoms with Crippen LogP contribution in [0, 0.1) is 17.3 Å². The first-order valence-corrected chi connectivity index (χ1v) is 15.1. The number of hydroxylamine groups is 1. The van der Waals surface area contributed by atoms with Gasteiger partial charge in [0.1, 0.15) is 16.7 Å². The molecule has 44 heavy (non-hydrogen) atoms. The van der Waals surface area contributed by atoms with Gasteiger partial charge < -0.3 is 9.47 Å². The normalized spacial score (nSPS) is 23.5. The molecule has 8 nitrogen and oxygen atoms in total. The number of halogens is 3. The summed E-state index contributed by atoms with van der Waals surface area (Å²) in [7, 11) is 1.27. The van der Waals surface area contributed by atoms with Gasteiger partial charge in [-0.15, -0.1) is 24.5 Å². The lowest BCUT2D eigenvalue weighted by Gasteiger charge is -2.33. The number of carbonyl (C=O) groups excluding carboxylic acids is 3. The van der Waals surface area contributed by atoms with Crippen molar-refractivity contribution in [2.45, 2.75) is 58.5 Å². The Balaban J connectivity index is 1.40. The lowest BCUT2D eigenvalue weighted by Crippen LogP contribution is -2.37. The molecule has 4 atom stereocenters. The third kappa shape index (κ3) is 5.23. The van der Waals surface area contributed by atoms with Crippen molar-refractivity contribution in [3.63, 3.8) is 0 Å². The zero-order valence-corrected chi connectivity index (χ0v) is 25.3. The van der Waals surface area contributed by atoms with Gasteiger partial charge in [-0.2, -0.15) is 0 Å². The number of para-hydroxylation sites is 1. The van der Waals surface area contributed by atoms with Crippen molar-refractivity contribution in [1.82, 2.24) is 0 Å². The van der Waals surface area contributed by atoms with Gasteiger partial charge in [0, 0.05) is 4.88 Å². The molecule has 1 aliphatic carbocycles. The Morgan fingerprint density at radius 3 is 2.30 bits per heavy atom. The van der Waals surface area contributed by atoms with Crippen molar-refractivity contribution in [2.24, 2.45) is 17.3 Å². The molecule has 1 aromatic heterocycles. The first-order valence-electron chi connectivity index (χ1n) is 14.3. The van der Waals surface area contributed by atoms with Crippen LogP contribution < -0.4 is 14.7 Å². The number of amides is 2. The van der Waals surface area contributed by atoms with E-state index in [1.807, 2.05) is 0 Å². The molecule has 3 aromatic rings. The van der Waals surface area contributed by atoms with Gasteiger partial charge in [-0.25, -0.2) is 14.8 Å². The fraction of sp³-hybridized carbons (Fsp3) is 0.406. The molecule has 12 heteroatoms. The number of benzene rings is 2. The second-order valence-corrected chi connectivity index (χ2v) is 13.4. The molecule has 2 amide bonds. The maximum Gasteiger partial charge on any atom is 0.573 e. The topological polar surface area (TPSA) is 85.4 Å². The monoisotopic (exact) mass is 628 g/mol. The van der Waals surface area contributed by atoms with E-state index in [0.29, 0.717) is 30.0 Å². The van der Waals surface area contributed by atoms with E-state index in [1.165, 1.54) is 35.6 Å². The highest BCUT2D eigenvalue weighted by atomic mass is 32.1. The minimum Gasteiger partial charge on any atom is -0.465 e. The molecule has 0 bridgehead atoms. The number of rotatable bonds is 5. The summed E-state index contributed by atoms with van der Waals surface area (Å²) >= 11 is 1.26. The molecular weight excluding hydrogens is 597 g/mol. The summed E-state index contributed by atoms with van der Waals surface area (Å²) < 4.78 is 47.6. The van der Waals surface area contributed by atoms with E-state index in [2.05, 4.69) is 25.5 Å². The highest BCUT2D eigenvalue weighted by molar-refractivity contribution is 7.17. The highest BCUT2D eigenvalue weighted by Crippen LogP contribution is 2.51. The molecule has 3 heterocycles. The first kappa shape index (κ1) is 30.1. The van der Waals surface area contributed by atoms with Gasteiger partial charge in [0.25, 0.3) is 5.91 Å². The summed E-state index contributed by atoms with van der Waals surface area (Å²) in [6.45, 7) is 6.51. The maximum absolute atomic E-state index is 14.3. The minimum atomic E-state index is -4.86. The predicted molar refractivity (Wildman–Crippen MR) is 156 cm³/mol. The van der Waals surface area contributed by atoms with Crippen LogP contribution in [0.5, 0.6) is 5.75 Å². The standard InChI is InChI=1S/C32H31F3N2O6S/c1-31(2,3)18-12-15-21-22(16-18)44-29(23(21)30(40)41-4)36-27(38)24-25(17-10-13-20(14-11-17)42-32(33,34)35)37(43-26(24)28(36)39)19-8-6-5-7-9-19/h5-11,13-14,18,24-26H,12,15-16H2,1-4H3. The number of thiophene rings is 1. The van der Waals surface area contributed by atoms with Gasteiger partial charge in [-0.05, 0) is 66.0 Å². The van der Waals surface area contributed by atoms with Crippen LogP contribution in [-0.2, 0) is 32.0 Å². The third-order valence-corrected chi connectivity index (χ3v) is 9.88. The predicted octanol–water partition coefficient (Wildman–Crippen LogP) is 6.64. The average Bonchev–Trinajstić information content (AvgIpc) is 3.62. The van der Waals surface area contributed by atoms with Crippen molar-refractivity contribution < 1.29 is 41.9 Å². The summed E-state index contributed by atoms with van der Waals surface area (Å²) in [6.07, 6.45) is -3.89. The fourth-order valence-electron chi connectivity index (χ4n) is 6.40. The highest BCUT2D eigenvalue weighted by Gasteiger charge is 2.61. The summed E-state index contributed by atoms with van der Waals surface area (Å²) in [4.78, 5) is 49.6. The number of methoxy groups -OCH3 is 1. The average molecular weight is 629 g/mol. The van der Waals surface area contributed by atoms with Gasteiger partial charge in [0.2, 0.25) is 5.91 Å². The van der Waals surface area contributed by atoms with Gasteiger partial charge in [0.15, 0.2) is 6.10 Å². The van der Waals surface area contributed by atoms with Crippen LogP contribution in [0.15, 0.2) is 54.6 Å². The Bertz CT molecular complexity index is 1600. The number of carbonyl (C=O) groups is 3. The van der Waals surface area contributed by atoms with Gasteiger partial charge in [-0.3, -0.25) is 14.4 Å². The summed E-state index contributed by atoms with van der Waals surface area (Å²) in [5.74, 6) is -2.89. The Kier molecular flexibility index (Phi) is 7.48. The quantitative estimate of drug-likeness (QED) is 0.232. The van der Waals surface area contributed by atoms with E-state index >= 15 is 0 Å². The number of imide groups is 1. The molecule has 2 saturated heterocycles. The van der Waals surface area contributed by atoms with Crippen molar-refractivity contribution in [1.29, 1.82) is 0 Å². The van der Waals surface area contributed by atoms with Gasteiger partial charge in [-0.1, -0.05) is 51.1 Å². The van der Waals surface area contributed by atoms with E-state index in [0.717, 1.165) is 33.9 Å². The van der Waals surface area contributed by atoms with E-state index in [4.69, 9.17) is 9.57 Å². The number of alkyl halides is 3. The van der Waals surface area contributed by atoms with Crippen LogP contribution in [-0.4, -0.2) is 37.4 Å². The Morgan fingerprint density at radius 1 is 1.00 bits per heavy atom. The van der Waals surface area contributed by atoms with E-state index in [1.54, 1.807) is 30.3 Å². The second kappa shape index (κ2) is 10.9. The molecule has 0 saturated carbocycles. The molecule has 6 rings (SSSR count). The van der Waals surface area contributed by atoms with Crippen molar-refractivity contribution >= 4 is 39.8 Å². The molecule has 232 valence electrons. The lowest BCUT2D eigenvalue weighted by atomic mass is 9.72. The van der Waals surface area contributed by atoms with Crippen LogP contribution in [0.2, 0.25) is 0 Å². The van der Waals surface area contributed by atoms with E-state index in [9.17, 15) is 27.6 Å². The SMILES string of the molecule is COC(=O)c1c(N2C(=O)C3ON(c4ccccc4)C(c4ccc(OC(F)(F)F)cc4)C3C2=O)sc2c1CCC(C(C)(C)C)C2. The van der Waals surface area contributed by atoms with Crippen LogP contribution in [0.4, 0.5) is 23.9 Å². The van der Waals surface area contributed by atoms with E-state index in [-0.39, 0.29) is 16.0 Å². The first-order chi connectivity index (χ1) is 20.8. The number of fused-ring (bicyclic) bond motifs is 2. The van der Waals surface area contributed by atoms with Gasteiger partial charge in [0.05, 0.1) is 24.4 Å². The number of hydrogen-bond donors (Lipinski definition) is 0. The van der Waals surface area contributed by atoms with Crippen molar-refractivity contribution in [3.8, 4) is 5.75 Å². The Morgan fingerprint density at radius 2 is 1.68 bits per heavy atom. The number of esters is 1. The summed E-state index contributed by atoms with van der Waals surface area (Å²) in [5.41, 5.74) is 2.08. The Hall–Kier alpha value is -3.90. The van der Waals surface area contributed by atoms with Crippen LogP contribution in [0.1, 0.15) is 59.6 Å². The molecule has 2 fully saturated rings. The molecule has 2 aliphatic heterocycles. The molecule has 0 radical (unpaired) electrons. The van der Waals surface area contributed by atoms with Gasteiger partial charge >= 0.3 is 12.3 Å². The number of anilines is 2. The lowest BCUT2D eigenvalue weighted by molar-refractivity contribution is -0.274. The number of nitrogens with zero attached hydrogens (tertiary/aromatic N) is 2. The zero-order chi connectivity index (χ0) is 31.6. The smallest absolute Gasteiger partial charge is 0.465 e. The number of ether oxygens (including phenoxy) is 2. The second-order valence-electron chi connectivity index (χ2n) is 12.3. The van der Waals surface area contributed by atoms with Crippen LogP contribution in [0.25, 0.3) is 0 Å². The molecule has 2 aromatic carbocycles. The number of hydrogen-bond acceptors (Lipinski definition) is 8.